The van der Waals surface area contributed by atoms with Crippen LogP contribution in [0.4, 0.5) is 15.1 Å². The van der Waals surface area contributed by atoms with Crippen LogP contribution < -0.4 is 15.4 Å². The summed E-state index contributed by atoms with van der Waals surface area (Å²) in [6, 6.07) is 6.26. The first-order chi connectivity index (χ1) is 18.5. The molecule has 3 aromatic heterocycles. The maximum Gasteiger partial charge on any atom is 0.408 e. The molecule has 4 heterocycles. The van der Waals surface area contributed by atoms with Crippen LogP contribution in [0.5, 0.6) is 5.75 Å². The normalized spacial score (nSPS) is 13.5. The molecule has 202 valence electrons. The number of anilines is 1. The number of aryl methyl sites for hydroxylation is 1. The van der Waals surface area contributed by atoms with Crippen molar-refractivity contribution in [2.45, 2.75) is 52.3 Å². The molecule has 2 N–H and O–H groups in total. The number of amides is 1. The van der Waals surface area contributed by atoms with Crippen LogP contribution in [0.15, 0.2) is 30.6 Å². The van der Waals surface area contributed by atoms with Gasteiger partial charge in [0, 0.05) is 49.6 Å². The van der Waals surface area contributed by atoms with Gasteiger partial charge in [0.2, 0.25) is 5.95 Å². The van der Waals surface area contributed by atoms with E-state index in [2.05, 4.69) is 20.7 Å². The molecule has 4 aromatic rings. The number of alkyl carbamates (subject to hydrolysis) is 1. The molecular weight excluding hydrogens is 503 g/mol. The number of nitriles is 1. The molecule has 1 aliphatic rings. The maximum atomic E-state index is 14.8. The number of rotatable bonds is 6. The standard InChI is InChI=1S/C27H29FN8O3/c1-15(32-26(37)39-27(2,3)4)21-14-36-24(33-21)19(22-10-16(11-29)34-35(22)5)13-31-25(36)30-12-18-17-8-9-38-23(17)7-6-20(18)28/h6-7,10,13-15H,8-9,12H2,1-5H3,(H,30,31)(H,32,37). The number of ether oxygens (including phenoxy) is 2. The van der Waals surface area contributed by atoms with Gasteiger partial charge in [-0.2, -0.15) is 10.4 Å². The summed E-state index contributed by atoms with van der Waals surface area (Å²) in [4.78, 5) is 21.8. The van der Waals surface area contributed by atoms with Gasteiger partial charge in [-0.05, 0) is 39.8 Å². The lowest BCUT2D eigenvalue weighted by Gasteiger charge is -2.21. The molecule has 1 aromatic carbocycles. The lowest BCUT2D eigenvalue weighted by Crippen LogP contribution is -2.34. The van der Waals surface area contributed by atoms with Crippen LogP contribution in [0, 0.1) is 17.1 Å². The average Bonchev–Trinajstić information content (AvgIpc) is 3.60. The summed E-state index contributed by atoms with van der Waals surface area (Å²) in [6.45, 7) is 7.87. The minimum Gasteiger partial charge on any atom is -0.493 e. The quantitative estimate of drug-likeness (QED) is 0.376. The topological polar surface area (TPSA) is 131 Å². The molecule has 1 amide bonds. The Kier molecular flexibility index (Phi) is 6.59. The van der Waals surface area contributed by atoms with Crippen LogP contribution in [0.2, 0.25) is 0 Å². The molecule has 11 nitrogen and oxygen atoms in total. The number of carbonyl (C=O) groups excluding carboxylic acids is 1. The second kappa shape index (κ2) is 9.90. The van der Waals surface area contributed by atoms with Crippen LogP contribution >= 0.6 is 0 Å². The van der Waals surface area contributed by atoms with Gasteiger partial charge in [0.1, 0.15) is 23.2 Å². The summed E-state index contributed by atoms with van der Waals surface area (Å²) in [5.41, 5.74) is 3.33. The van der Waals surface area contributed by atoms with Gasteiger partial charge < -0.3 is 20.1 Å². The molecule has 0 fully saturated rings. The molecule has 39 heavy (non-hydrogen) atoms. The number of hydrogen-bond donors (Lipinski definition) is 2. The molecule has 1 aliphatic heterocycles. The molecule has 12 heteroatoms. The summed E-state index contributed by atoms with van der Waals surface area (Å²) >= 11 is 0. The van der Waals surface area contributed by atoms with E-state index in [4.69, 9.17) is 14.5 Å². The summed E-state index contributed by atoms with van der Waals surface area (Å²) in [5.74, 6) is 0.800. The van der Waals surface area contributed by atoms with E-state index in [-0.39, 0.29) is 18.1 Å². The molecule has 5 rings (SSSR count). The first-order valence-electron chi connectivity index (χ1n) is 12.5. The first-order valence-corrected chi connectivity index (χ1v) is 12.5. The molecule has 0 radical (unpaired) electrons. The Morgan fingerprint density at radius 1 is 1.36 bits per heavy atom. The van der Waals surface area contributed by atoms with Gasteiger partial charge in [0.25, 0.3) is 0 Å². The number of benzene rings is 1. The lowest BCUT2D eigenvalue weighted by atomic mass is 10.0. The van der Waals surface area contributed by atoms with Crippen molar-refractivity contribution in [2.75, 3.05) is 11.9 Å². The Morgan fingerprint density at radius 3 is 2.87 bits per heavy atom. The third-order valence-corrected chi connectivity index (χ3v) is 6.32. The SMILES string of the molecule is CC(NC(=O)OC(C)(C)C)c1cn2c(NCc3c(F)ccc4c3CCO4)ncc(-c3cc(C#N)nn3C)c2n1. The van der Waals surface area contributed by atoms with Crippen molar-refractivity contribution in [3.63, 3.8) is 0 Å². The zero-order valence-electron chi connectivity index (χ0n) is 22.4. The van der Waals surface area contributed by atoms with Crippen LogP contribution in [-0.2, 0) is 24.8 Å². The molecule has 0 bridgehead atoms. The van der Waals surface area contributed by atoms with E-state index >= 15 is 0 Å². The lowest BCUT2D eigenvalue weighted by molar-refractivity contribution is 0.0507. The highest BCUT2D eigenvalue weighted by atomic mass is 19.1. The van der Waals surface area contributed by atoms with E-state index < -0.39 is 17.7 Å². The van der Waals surface area contributed by atoms with Crippen molar-refractivity contribution in [2.24, 2.45) is 7.05 Å². The Morgan fingerprint density at radius 2 is 2.15 bits per heavy atom. The van der Waals surface area contributed by atoms with Crippen molar-refractivity contribution in [1.29, 1.82) is 5.26 Å². The number of carbonyl (C=O) groups is 1. The van der Waals surface area contributed by atoms with E-state index in [1.807, 2.05) is 6.07 Å². The Labute approximate surface area is 224 Å². The number of nitrogens with one attached hydrogen (secondary N) is 2. The third kappa shape index (κ3) is 5.20. The predicted molar refractivity (Wildman–Crippen MR) is 141 cm³/mol. The van der Waals surface area contributed by atoms with E-state index in [0.717, 1.165) is 5.56 Å². The number of imidazole rings is 1. The second-order valence-electron chi connectivity index (χ2n) is 10.3. The molecule has 1 atom stereocenters. The molecule has 0 aliphatic carbocycles. The molecule has 1 unspecified atom stereocenters. The summed E-state index contributed by atoms with van der Waals surface area (Å²) in [5, 5.41) is 19.6. The fourth-order valence-corrected chi connectivity index (χ4v) is 4.52. The van der Waals surface area contributed by atoms with Crippen LogP contribution in [-0.4, -0.2) is 42.5 Å². The van der Waals surface area contributed by atoms with Crippen molar-refractivity contribution < 1.29 is 18.7 Å². The summed E-state index contributed by atoms with van der Waals surface area (Å²) in [6.07, 6.45) is 3.46. The summed E-state index contributed by atoms with van der Waals surface area (Å²) < 4.78 is 29.1. The molecule has 0 spiro atoms. The largest absolute Gasteiger partial charge is 0.493 e. The monoisotopic (exact) mass is 532 g/mol. The second-order valence-corrected chi connectivity index (χ2v) is 10.3. The molecule has 0 saturated heterocycles. The zero-order chi connectivity index (χ0) is 27.9. The fourth-order valence-electron chi connectivity index (χ4n) is 4.52. The van der Waals surface area contributed by atoms with Crippen molar-refractivity contribution in [3.05, 3.63) is 58.9 Å². The Hall–Kier alpha value is -4.66. The summed E-state index contributed by atoms with van der Waals surface area (Å²) in [7, 11) is 1.73. The maximum absolute atomic E-state index is 14.8. The number of aromatic nitrogens is 5. The van der Waals surface area contributed by atoms with Gasteiger partial charge in [-0.3, -0.25) is 9.08 Å². The number of halogens is 1. The van der Waals surface area contributed by atoms with Crippen molar-refractivity contribution in [3.8, 4) is 23.1 Å². The average molecular weight is 533 g/mol. The van der Waals surface area contributed by atoms with Gasteiger partial charge >= 0.3 is 6.09 Å². The first kappa shape index (κ1) is 26.0. The number of nitrogens with zero attached hydrogens (tertiary/aromatic N) is 6. The smallest absolute Gasteiger partial charge is 0.408 e. The highest BCUT2D eigenvalue weighted by Crippen LogP contribution is 2.32. The van der Waals surface area contributed by atoms with Gasteiger partial charge in [0.05, 0.1) is 29.6 Å². The molecular formula is C27H29FN8O3. The molecule has 0 saturated carbocycles. The van der Waals surface area contributed by atoms with Gasteiger partial charge in [-0.1, -0.05) is 0 Å². The minimum atomic E-state index is -0.646. The van der Waals surface area contributed by atoms with Crippen LogP contribution in [0.1, 0.15) is 56.3 Å². The van der Waals surface area contributed by atoms with Gasteiger partial charge in [0.15, 0.2) is 11.3 Å². The fraction of sp³-hybridized carbons (Fsp3) is 0.370. The minimum absolute atomic E-state index is 0.184. The van der Waals surface area contributed by atoms with E-state index in [1.165, 1.54) is 6.07 Å². The Bertz CT molecular complexity index is 1610. The van der Waals surface area contributed by atoms with Gasteiger partial charge in [-0.15, -0.1) is 0 Å². The Balaban J connectivity index is 1.53. The van der Waals surface area contributed by atoms with E-state index in [1.54, 1.807) is 68.4 Å². The van der Waals surface area contributed by atoms with Gasteiger partial charge in [-0.25, -0.2) is 19.2 Å². The van der Waals surface area contributed by atoms with Crippen LogP contribution in [0.25, 0.3) is 16.9 Å². The van der Waals surface area contributed by atoms with E-state index in [9.17, 15) is 14.4 Å². The van der Waals surface area contributed by atoms with Crippen LogP contribution in [0.3, 0.4) is 0 Å². The zero-order valence-corrected chi connectivity index (χ0v) is 22.4. The third-order valence-electron chi connectivity index (χ3n) is 6.32. The predicted octanol–water partition coefficient (Wildman–Crippen LogP) is 4.27. The van der Waals surface area contributed by atoms with E-state index in [0.29, 0.717) is 52.9 Å². The number of fused-ring (bicyclic) bond motifs is 2. The highest BCUT2D eigenvalue weighted by Gasteiger charge is 2.23. The van der Waals surface area contributed by atoms with Crippen molar-refractivity contribution >= 4 is 17.7 Å². The van der Waals surface area contributed by atoms with Crippen molar-refractivity contribution in [1.82, 2.24) is 29.5 Å². The highest BCUT2D eigenvalue weighted by molar-refractivity contribution is 5.77. The number of hydrogen-bond acceptors (Lipinski definition) is 8.